The van der Waals surface area contributed by atoms with E-state index in [9.17, 15) is 13.2 Å². The molecular weight excluding hydrogens is 384 g/mol. The summed E-state index contributed by atoms with van der Waals surface area (Å²) in [5.74, 6) is -0.328. The highest BCUT2D eigenvalue weighted by molar-refractivity contribution is 7.95. The fourth-order valence-corrected chi connectivity index (χ4v) is 3.64. The first-order valence-electron chi connectivity index (χ1n) is 9.21. The standard InChI is InChI=1S/C23H22N2O3S/c26-23(24-17-15-19-9-3-1-4-10-19)21-13-7-8-14-22(21)25-29(27,28)18-16-20-11-5-2-6-12-20/h1-14,16,18,25H,15,17H2,(H,24,26)/b18-16+. The molecule has 0 heterocycles. The summed E-state index contributed by atoms with van der Waals surface area (Å²) in [6, 6.07) is 25.5. The third kappa shape index (κ3) is 6.33. The fraction of sp³-hybridized carbons (Fsp3) is 0.0870. The van der Waals surface area contributed by atoms with Crippen LogP contribution in [0.4, 0.5) is 5.69 Å². The van der Waals surface area contributed by atoms with Crippen LogP contribution in [0.1, 0.15) is 21.5 Å². The van der Waals surface area contributed by atoms with E-state index in [0.29, 0.717) is 13.0 Å². The fourth-order valence-electron chi connectivity index (χ4n) is 2.75. The van der Waals surface area contributed by atoms with E-state index in [4.69, 9.17) is 0 Å². The second-order valence-corrected chi connectivity index (χ2v) is 7.96. The molecule has 0 atom stereocenters. The number of benzene rings is 3. The Bertz CT molecular complexity index is 1080. The van der Waals surface area contributed by atoms with Crippen LogP contribution >= 0.6 is 0 Å². The van der Waals surface area contributed by atoms with Gasteiger partial charge in [0.25, 0.3) is 15.9 Å². The van der Waals surface area contributed by atoms with Crippen LogP contribution in [0, 0.1) is 0 Å². The summed E-state index contributed by atoms with van der Waals surface area (Å²) in [6.45, 7) is 0.456. The Morgan fingerprint density at radius 1 is 0.828 bits per heavy atom. The van der Waals surface area contributed by atoms with Crippen LogP contribution in [0.5, 0.6) is 0 Å². The quantitative estimate of drug-likeness (QED) is 0.592. The molecule has 3 aromatic carbocycles. The van der Waals surface area contributed by atoms with Crippen LogP contribution in [0.3, 0.4) is 0 Å². The lowest BCUT2D eigenvalue weighted by Gasteiger charge is -2.11. The smallest absolute Gasteiger partial charge is 0.255 e. The summed E-state index contributed by atoms with van der Waals surface area (Å²) in [5, 5.41) is 3.93. The highest BCUT2D eigenvalue weighted by Gasteiger charge is 2.14. The van der Waals surface area contributed by atoms with Gasteiger partial charge in [-0.15, -0.1) is 0 Å². The highest BCUT2D eigenvalue weighted by Crippen LogP contribution is 2.17. The Morgan fingerprint density at radius 2 is 1.45 bits per heavy atom. The van der Waals surface area contributed by atoms with Crippen LogP contribution < -0.4 is 10.0 Å². The van der Waals surface area contributed by atoms with Gasteiger partial charge < -0.3 is 5.32 Å². The number of rotatable bonds is 8. The maximum Gasteiger partial charge on any atom is 0.255 e. The van der Waals surface area contributed by atoms with Crippen molar-refractivity contribution in [2.45, 2.75) is 6.42 Å². The molecule has 0 radical (unpaired) electrons. The van der Waals surface area contributed by atoms with E-state index in [2.05, 4.69) is 10.0 Å². The van der Waals surface area contributed by atoms with Gasteiger partial charge in [-0.3, -0.25) is 9.52 Å². The van der Waals surface area contributed by atoms with Gasteiger partial charge in [0.2, 0.25) is 0 Å². The van der Waals surface area contributed by atoms with Crippen molar-refractivity contribution in [2.75, 3.05) is 11.3 Å². The summed E-state index contributed by atoms with van der Waals surface area (Å²) in [6.07, 6.45) is 2.20. The molecule has 6 heteroatoms. The largest absolute Gasteiger partial charge is 0.352 e. The molecule has 0 aliphatic heterocycles. The lowest BCUT2D eigenvalue weighted by molar-refractivity contribution is 0.0955. The number of hydrogen-bond donors (Lipinski definition) is 2. The molecule has 0 aliphatic rings. The molecule has 0 aliphatic carbocycles. The number of anilines is 1. The number of hydrogen-bond acceptors (Lipinski definition) is 3. The third-order valence-electron chi connectivity index (χ3n) is 4.21. The summed E-state index contributed by atoms with van der Waals surface area (Å²) >= 11 is 0. The minimum Gasteiger partial charge on any atom is -0.352 e. The van der Waals surface area contributed by atoms with Crippen molar-refractivity contribution >= 4 is 27.7 Å². The monoisotopic (exact) mass is 406 g/mol. The number of carbonyl (C=O) groups excluding carboxylic acids is 1. The molecule has 0 spiro atoms. The molecule has 3 rings (SSSR count). The number of amides is 1. The van der Waals surface area contributed by atoms with Gasteiger partial charge in [0.1, 0.15) is 0 Å². The molecule has 2 N–H and O–H groups in total. The van der Waals surface area contributed by atoms with Crippen molar-refractivity contribution < 1.29 is 13.2 Å². The summed E-state index contributed by atoms with van der Waals surface area (Å²) in [4.78, 5) is 12.6. The minimum absolute atomic E-state index is 0.238. The van der Waals surface area contributed by atoms with Crippen molar-refractivity contribution in [3.05, 3.63) is 107 Å². The second-order valence-electron chi connectivity index (χ2n) is 6.40. The number of para-hydroxylation sites is 1. The third-order valence-corrected chi connectivity index (χ3v) is 5.20. The molecule has 0 bridgehead atoms. The first-order valence-corrected chi connectivity index (χ1v) is 10.8. The molecule has 29 heavy (non-hydrogen) atoms. The molecule has 1 amide bonds. The molecule has 0 saturated carbocycles. The zero-order valence-electron chi connectivity index (χ0n) is 15.8. The molecular formula is C23H22N2O3S. The first-order chi connectivity index (χ1) is 14.0. The molecule has 3 aromatic rings. The van der Waals surface area contributed by atoms with Gasteiger partial charge in [-0.25, -0.2) is 8.42 Å². The Labute approximate surface area is 171 Å². The van der Waals surface area contributed by atoms with E-state index < -0.39 is 10.0 Å². The van der Waals surface area contributed by atoms with Crippen LogP contribution in [0.15, 0.2) is 90.3 Å². The van der Waals surface area contributed by atoms with Crippen molar-refractivity contribution in [3.8, 4) is 0 Å². The number of nitrogens with one attached hydrogen (secondary N) is 2. The average Bonchev–Trinajstić information content (AvgIpc) is 2.74. The second kappa shape index (κ2) is 9.71. The maximum atomic E-state index is 12.6. The van der Waals surface area contributed by atoms with Crippen LogP contribution in [0.2, 0.25) is 0 Å². The normalized spacial score (nSPS) is 11.3. The zero-order valence-corrected chi connectivity index (χ0v) is 16.6. The van der Waals surface area contributed by atoms with Gasteiger partial charge in [0, 0.05) is 6.54 Å². The predicted molar refractivity (Wildman–Crippen MR) is 117 cm³/mol. The summed E-state index contributed by atoms with van der Waals surface area (Å²) in [5.41, 5.74) is 2.40. The Morgan fingerprint density at radius 3 is 2.17 bits per heavy atom. The Balaban J connectivity index is 1.66. The number of carbonyl (C=O) groups is 1. The van der Waals surface area contributed by atoms with Gasteiger partial charge in [-0.05, 0) is 35.8 Å². The molecule has 148 valence electrons. The van der Waals surface area contributed by atoms with Crippen LogP contribution in [-0.2, 0) is 16.4 Å². The Hall–Kier alpha value is -3.38. The SMILES string of the molecule is O=C(NCCc1ccccc1)c1ccccc1NS(=O)(=O)/C=C/c1ccccc1. The van der Waals surface area contributed by atoms with E-state index >= 15 is 0 Å². The van der Waals surface area contributed by atoms with Crippen LogP contribution in [-0.4, -0.2) is 20.9 Å². The average molecular weight is 407 g/mol. The van der Waals surface area contributed by atoms with Gasteiger partial charge >= 0.3 is 0 Å². The highest BCUT2D eigenvalue weighted by atomic mass is 32.2. The molecule has 5 nitrogen and oxygen atoms in total. The van der Waals surface area contributed by atoms with Crippen molar-refractivity contribution in [3.63, 3.8) is 0 Å². The van der Waals surface area contributed by atoms with E-state index in [0.717, 1.165) is 16.5 Å². The summed E-state index contributed by atoms with van der Waals surface area (Å²) < 4.78 is 27.3. The van der Waals surface area contributed by atoms with E-state index in [1.165, 1.54) is 6.08 Å². The molecule has 0 saturated heterocycles. The zero-order chi connectivity index (χ0) is 20.5. The lowest BCUT2D eigenvalue weighted by atomic mass is 10.1. The molecule has 0 fully saturated rings. The Kier molecular flexibility index (Phi) is 6.81. The molecule has 0 aromatic heterocycles. The van der Waals surface area contributed by atoms with Crippen molar-refractivity contribution in [1.82, 2.24) is 5.32 Å². The van der Waals surface area contributed by atoms with Crippen molar-refractivity contribution in [1.29, 1.82) is 0 Å². The van der Waals surface area contributed by atoms with Gasteiger partial charge in [0.05, 0.1) is 16.7 Å². The van der Waals surface area contributed by atoms with Crippen molar-refractivity contribution in [2.24, 2.45) is 0 Å². The van der Waals surface area contributed by atoms with E-state index in [1.54, 1.807) is 36.4 Å². The first kappa shape index (κ1) is 20.4. The topological polar surface area (TPSA) is 75.3 Å². The maximum absolute atomic E-state index is 12.6. The number of sulfonamides is 1. The van der Waals surface area contributed by atoms with Gasteiger partial charge in [-0.2, -0.15) is 0 Å². The predicted octanol–water partition coefficient (Wildman–Crippen LogP) is 4.07. The van der Waals surface area contributed by atoms with Crippen LogP contribution in [0.25, 0.3) is 6.08 Å². The molecule has 0 unspecified atom stereocenters. The van der Waals surface area contributed by atoms with E-state index in [-0.39, 0.29) is 17.2 Å². The van der Waals surface area contributed by atoms with E-state index in [1.807, 2.05) is 48.5 Å². The lowest BCUT2D eigenvalue weighted by Crippen LogP contribution is -2.27. The van der Waals surface area contributed by atoms with Gasteiger partial charge in [-0.1, -0.05) is 72.8 Å². The van der Waals surface area contributed by atoms with Gasteiger partial charge in [0.15, 0.2) is 0 Å². The minimum atomic E-state index is -3.76. The summed E-state index contributed by atoms with van der Waals surface area (Å²) in [7, 11) is -3.76.